The zero-order valence-corrected chi connectivity index (χ0v) is 20.6. The largest absolute Gasteiger partial charge is 0.321 e. The van der Waals surface area contributed by atoms with E-state index in [1.807, 2.05) is 30.3 Å². The molecule has 0 unspecified atom stereocenters. The summed E-state index contributed by atoms with van der Waals surface area (Å²) in [5, 5.41) is 4.57. The van der Waals surface area contributed by atoms with E-state index in [1.165, 1.54) is 35.6 Å². The minimum Gasteiger partial charge on any atom is -0.321 e. The van der Waals surface area contributed by atoms with Crippen molar-refractivity contribution in [2.24, 2.45) is 0 Å². The van der Waals surface area contributed by atoms with Crippen LogP contribution >= 0.6 is 0 Å². The van der Waals surface area contributed by atoms with Crippen LogP contribution in [-0.2, 0) is 10.0 Å². The Morgan fingerprint density at radius 1 is 1.06 bits per heavy atom. The molecule has 0 saturated carbocycles. The van der Waals surface area contributed by atoms with Crippen LogP contribution in [0.15, 0.2) is 59.5 Å². The van der Waals surface area contributed by atoms with E-state index in [-0.39, 0.29) is 22.8 Å². The quantitative estimate of drug-likeness (QED) is 0.499. The molecule has 1 aliphatic rings. The lowest BCUT2D eigenvalue weighted by Gasteiger charge is -2.21. The summed E-state index contributed by atoms with van der Waals surface area (Å²) in [4.78, 5) is 27.8. The van der Waals surface area contributed by atoms with E-state index in [0.29, 0.717) is 23.4 Å². The highest BCUT2D eigenvalue weighted by Gasteiger charge is 2.30. The zero-order chi connectivity index (χ0) is 24.6. The molecule has 0 fully saturated rings. The number of unbranched alkanes of at least 4 members (excludes halogenated alkanes) is 1. The van der Waals surface area contributed by atoms with Crippen molar-refractivity contribution < 1.29 is 18.0 Å². The van der Waals surface area contributed by atoms with Gasteiger partial charge in [-0.05, 0) is 62.7 Å². The Morgan fingerprint density at radius 2 is 1.76 bits per heavy atom. The van der Waals surface area contributed by atoms with Gasteiger partial charge in [-0.2, -0.15) is 4.31 Å². The number of carbonyl (C=O) groups is 2. The van der Waals surface area contributed by atoms with E-state index in [4.69, 9.17) is 0 Å². The molecule has 4 rings (SSSR count). The molecular formula is C26H29N3O4S. The maximum Gasteiger partial charge on any atom is 0.258 e. The second-order valence-electron chi connectivity index (χ2n) is 8.76. The fraction of sp³-hybridized carbons (Fsp3) is 0.308. The van der Waals surface area contributed by atoms with Gasteiger partial charge in [0.05, 0.1) is 10.6 Å². The van der Waals surface area contributed by atoms with Gasteiger partial charge in [0.25, 0.3) is 11.8 Å². The third kappa shape index (κ3) is 4.08. The summed E-state index contributed by atoms with van der Waals surface area (Å²) in [5.41, 5.74) is 2.46. The Kier molecular flexibility index (Phi) is 6.47. The van der Waals surface area contributed by atoms with Crippen LogP contribution in [0, 0.1) is 0 Å². The van der Waals surface area contributed by atoms with Crippen LogP contribution < -0.4 is 10.2 Å². The summed E-state index contributed by atoms with van der Waals surface area (Å²) in [6.45, 7) is 6.35. The number of hydrogen-bond acceptors (Lipinski definition) is 4. The van der Waals surface area contributed by atoms with Crippen LogP contribution in [0.2, 0.25) is 0 Å². The van der Waals surface area contributed by atoms with Gasteiger partial charge < -0.3 is 10.2 Å². The molecule has 0 atom stereocenters. The van der Waals surface area contributed by atoms with E-state index in [0.717, 1.165) is 29.3 Å². The van der Waals surface area contributed by atoms with E-state index >= 15 is 0 Å². The third-order valence-electron chi connectivity index (χ3n) is 6.29. The maximum absolute atomic E-state index is 13.0. The lowest BCUT2D eigenvalue weighted by Crippen LogP contribution is -2.33. The van der Waals surface area contributed by atoms with Crippen molar-refractivity contribution in [3.8, 4) is 0 Å². The minimum atomic E-state index is -3.62. The lowest BCUT2D eigenvalue weighted by atomic mass is 10.0. The number of benzene rings is 3. The van der Waals surface area contributed by atoms with Crippen LogP contribution in [0.4, 0.5) is 11.4 Å². The molecule has 0 saturated heterocycles. The first kappa shape index (κ1) is 23.9. The normalized spacial score (nSPS) is 13.4. The standard InChI is InChI=1S/C26H29N3O4S/c1-5-6-16-29-23-15-14-22(20-8-7-9-21(24(20)23)26(29)31)27-25(30)18-10-12-19(13-11-18)34(32,33)28(4)17(2)3/h7-15,17H,5-6,16H2,1-4H3,(H,27,30). The summed E-state index contributed by atoms with van der Waals surface area (Å²) < 4.78 is 26.6. The maximum atomic E-state index is 13.0. The van der Waals surface area contributed by atoms with Crippen LogP contribution in [0.25, 0.3) is 10.8 Å². The predicted octanol–water partition coefficient (Wildman–Crippen LogP) is 4.88. The molecule has 0 bridgehead atoms. The molecule has 0 radical (unpaired) electrons. The first-order valence-corrected chi connectivity index (χ1v) is 12.9. The molecule has 0 spiro atoms. The van der Waals surface area contributed by atoms with E-state index in [1.54, 1.807) is 18.7 Å². The van der Waals surface area contributed by atoms with Gasteiger partial charge in [0.15, 0.2) is 0 Å². The van der Waals surface area contributed by atoms with Gasteiger partial charge in [-0.15, -0.1) is 0 Å². The highest BCUT2D eigenvalue weighted by atomic mass is 32.2. The minimum absolute atomic E-state index is 0.0132. The summed E-state index contributed by atoms with van der Waals surface area (Å²) in [7, 11) is -2.09. The third-order valence-corrected chi connectivity index (χ3v) is 8.34. The summed E-state index contributed by atoms with van der Waals surface area (Å²) in [6.07, 6.45) is 1.91. The van der Waals surface area contributed by atoms with Gasteiger partial charge in [0.2, 0.25) is 10.0 Å². The number of carbonyl (C=O) groups excluding carboxylic acids is 2. The first-order chi connectivity index (χ1) is 16.2. The Labute approximate surface area is 200 Å². The van der Waals surface area contributed by atoms with Crippen molar-refractivity contribution in [1.29, 1.82) is 0 Å². The topological polar surface area (TPSA) is 86.8 Å². The summed E-state index contributed by atoms with van der Waals surface area (Å²) >= 11 is 0. The number of hydrogen-bond donors (Lipinski definition) is 1. The summed E-state index contributed by atoms with van der Waals surface area (Å²) in [6, 6.07) is 14.9. The average molecular weight is 480 g/mol. The van der Waals surface area contributed by atoms with Gasteiger partial charge in [0.1, 0.15) is 0 Å². The SMILES string of the molecule is CCCCN1C(=O)c2cccc3c(NC(=O)c4ccc(S(=O)(=O)N(C)C(C)C)cc4)ccc1c23. The molecule has 0 aliphatic carbocycles. The Balaban J connectivity index is 1.62. The van der Waals surface area contributed by atoms with E-state index in [9.17, 15) is 18.0 Å². The Hall–Kier alpha value is -3.23. The first-order valence-electron chi connectivity index (χ1n) is 11.4. The number of anilines is 2. The van der Waals surface area contributed by atoms with Gasteiger partial charge >= 0.3 is 0 Å². The Morgan fingerprint density at radius 3 is 2.41 bits per heavy atom. The number of nitrogens with zero attached hydrogens (tertiary/aromatic N) is 2. The average Bonchev–Trinajstić information content (AvgIpc) is 3.11. The molecule has 34 heavy (non-hydrogen) atoms. The van der Waals surface area contributed by atoms with Crippen molar-refractivity contribution >= 4 is 44.0 Å². The van der Waals surface area contributed by atoms with Crippen molar-refractivity contribution in [3.63, 3.8) is 0 Å². The van der Waals surface area contributed by atoms with Gasteiger partial charge in [-0.3, -0.25) is 9.59 Å². The van der Waals surface area contributed by atoms with E-state index in [2.05, 4.69) is 12.2 Å². The molecule has 3 aromatic rings. The molecule has 2 amide bonds. The van der Waals surface area contributed by atoms with Crippen molar-refractivity contribution in [1.82, 2.24) is 4.31 Å². The fourth-order valence-electron chi connectivity index (χ4n) is 4.11. The van der Waals surface area contributed by atoms with Gasteiger partial charge in [0, 0.05) is 47.2 Å². The lowest BCUT2D eigenvalue weighted by molar-refractivity contribution is 0.0991. The molecule has 1 heterocycles. The fourth-order valence-corrected chi connectivity index (χ4v) is 5.48. The predicted molar refractivity (Wildman–Crippen MR) is 135 cm³/mol. The van der Waals surface area contributed by atoms with Crippen LogP contribution in [0.1, 0.15) is 54.3 Å². The Bertz CT molecular complexity index is 1360. The highest BCUT2D eigenvalue weighted by Crippen LogP contribution is 2.40. The van der Waals surface area contributed by atoms with Crippen LogP contribution in [-0.4, -0.2) is 44.2 Å². The number of nitrogens with one attached hydrogen (secondary N) is 1. The highest BCUT2D eigenvalue weighted by molar-refractivity contribution is 7.89. The number of sulfonamides is 1. The second kappa shape index (κ2) is 9.19. The number of amides is 2. The van der Waals surface area contributed by atoms with Crippen molar-refractivity contribution in [2.75, 3.05) is 23.8 Å². The molecule has 7 nitrogen and oxygen atoms in total. The second-order valence-corrected chi connectivity index (χ2v) is 10.8. The number of rotatable bonds is 8. The van der Waals surface area contributed by atoms with Crippen molar-refractivity contribution in [2.45, 2.75) is 44.6 Å². The smallest absolute Gasteiger partial charge is 0.258 e. The molecule has 0 aromatic heterocycles. The van der Waals surface area contributed by atoms with Crippen LogP contribution in [0.3, 0.4) is 0 Å². The van der Waals surface area contributed by atoms with E-state index < -0.39 is 10.0 Å². The van der Waals surface area contributed by atoms with Crippen LogP contribution in [0.5, 0.6) is 0 Å². The summed E-state index contributed by atoms with van der Waals surface area (Å²) in [5.74, 6) is -0.366. The van der Waals surface area contributed by atoms with Gasteiger partial charge in [-0.1, -0.05) is 25.5 Å². The van der Waals surface area contributed by atoms with Gasteiger partial charge in [-0.25, -0.2) is 8.42 Å². The molecule has 178 valence electrons. The molecule has 1 aliphatic heterocycles. The monoisotopic (exact) mass is 479 g/mol. The molecule has 8 heteroatoms. The zero-order valence-electron chi connectivity index (χ0n) is 19.8. The molecular weight excluding hydrogens is 450 g/mol. The van der Waals surface area contributed by atoms with Crippen molar-refractivity contribution in [3.05, 3.63) is 65.7 Å². The molecule has 1 N–H and O–H groups in total. The molecule has 3 aromatic carbocycles.